The molecular weight excluding hydrogens is 358 g/mol. The predicted molar refractivity (Wildman–Crippen MR) is 101 cm³/mol. The van der Waals surface area contributed by atoms with Crippen molar-refractivity contribution in [2.75, 3.05) is 4.90 Å². The van der Waals surface area contributed by atoms with Gasteiger partial charge < -0.3 is 9.26 Å². The number of nitrogens with zero attached hydrogens (tertiary/aromatic N) is 5. The number of carbonyl (C=O) groups excluding carboxylic acids is 1. The molecule has 1 saturated carbocycles. The first-order valence-corrected chi connectivity index (χ1v) is 9.41. The maximum atomic E-state index is 12.9. The molecule has 0 spiro atoms. The van der Waals surface area contributed by atoms with Crippen molar-refractivity contribution in [2.24, 2.45) is 0 Å². The molecule has 28 heavy (non-hydrogen) atoms. The molecule has 0 saturated heterocycles. The Hall–Kier alpha value is -3.16. The fraction of sp³-hybridized carbons (Fsp3) is 0.400. The maximum absolute atomic E-state index is 12.9. The normalized spacial score (nSPS) is 15.9. The molecule has 144 valence electrons. The van der Waals surface area contributed by atoms with Crippen LogP contribution in [0.4, 0.5) is 10.5 Å². The highest BCUT2D eigenvalue weighted by Gasteiger charge is 2.34. The van der Waals surface area contributed by atoms with E-state index in [-0.39, 0.29) is 0 Å². The highest BCUT2D eigenvalue weighted by atomic mass is 16.6. The Morgan fingerprint density at radius 2 is 1.96 bits per heavy atom. The number of rotatable bonds is 2. The monoisotopic (exact) mass is 379 g/mol. The summed E-state index contributed by atoms with van der Waals surface area (Å²) < 4.78 is 13.0. The lowest BCUT2D eigenvalue weighted by atomic mass is 10.1. The molecule has 1 aromatic carbocycles. The topological polar surface area (TPSA) is 86.3 Å². The molecule has 2 aromatic heterocycles. The Kier molecular flexibility index (Phi) is 3.59. The van der Waals surface area contributed by atoms with Gasteiger partial charge in [-0.1, -0.05) is 17.3 Å². The summed E-state index contributed by atoms with van der Waals surface area (Å²) >= 11 is 0. The van der Waals surface area contributed by atoms with Crippen LogP contribution in [0.3, 0.4) is 0 Å². The minimum absolute atomic E-state index is 0.314. The van der Waals surface area contributed by atoms with Gasteiger partial charge in [0.25, 0.3) is 0 Å². The molecule has 0 atom stereocenters. The molecule has 0 bridgehead atoms. The van der Waals surface area contributed by atoms with Crippen molar-refractivity contribution in [3.05, 3.63) is 42.2 Å². The maximum Gasteiger partial charge on any atom is 0.415 e. The van der Waals surface area contributed by atoms with Gasteiger partial charge >= 0.3 is 6.09 Å². The number of amides is 1. The molecule has 3 aromatic rings. The van der Waals surface area contributed by atoms with Gasteiger partial charge in [-0.15, -0.1) is 0 Å². The van der Waals surface area contributed by atoms with Crippen molar-refractivity contribution in [3.8, 4) is 17.2 Å². The van der Waals surface area contributed by atoms with E-state index in [1.807, 2.05) is 49.6 Å². The van der Waals surface area contributed by atoms with Crippen LogP contribution in [0.1, 0.15) is 51.1 Å². The molecule has 1 amide bonds. The number of imidazole rings is 1. The van der Waals surface area contributed by atoms with E-state index >= 15 is 0 Å². The molecule has 2 aliphatic rings. The van der Waals surface area contributed by atoms with E-state index in [2.05, 4.69) is 15.1 Å². The van der Waals surface area contributed by atoms with Gasteiger partial charge in [0.2, 0.25) is 11.7 Å². The van der Waals surface area contributed by atoms with E-state index in [1.165, 1.54) is 0 Å². The number of para-hydroxylation sites is 2. The van der Waals surface area contributed by atoms with Crippen molar-refractivity contribution in [3.63, 3.8) is 0 Å². The van der Waals surface area contributed by atoms with Gasteiger partial charge in [-0.25, -0.2) is 9.78 Å². The Balaban J connectivity index is 1.57. The molecular formula is C20H21N5O3. The van der Waals surface area contributed by atoms with Crippen LogP contribution in [0.15, 0.2) is 35.1 Å². The average molecular weight is 379 g/mol. The van der Waals surface area contributed by atoms with Gasteiger partial charge in [-0.3, -0.25) is 9.47 Å². The number of anilines is 1. The van der Waals surface area contributed by atoms with Crippen LogP contribution in [0.25, 0.3) is 17.2 Å². The Labute approximate surface area is 162 Å². The molecule has 0 radical (unpaired) electrons. The van der Waals surface area contributed by atoms with Crippen LogP contribution in [-0.2, 0) is 11.3 Å². The summed E-state index contributed by atoms with van der Waals surface area (Å²) in [6.07, 6.45) is 3.51. The highest BCUT2D eigenvalue weighted by Crippen LogP contribution is 2.40. The zero-order valence-electron chi connectivity index (χ0n) is 16.0. The fourth-order valence-electron chi connectivity index (χ4n) is 3.36. The third-order valence-electron chi connectivity index (χ3n) is 4.80. The number of aromatic nitrogens is 4. The number of carbonyl (C=O) groups is 1. The largest absolute Gasteiger partial charge is 0.443 e. The fourth-order valence-corrected chi connectivity index (χ4v) is 3.36. The molecule has 1 aliphatic carbocycles. The third kappa shape index (κ3) is 2.85. The van der Waals surface area contributed by atoms with Gasteiger partial charge in [-0.05, 0) is 45.7 Å². The SMILES string of the molecule is CC(C)(C)OC(=O)N1Cc2c(-c3noc(C4CC4)n3)ncn2-c2ccccc21. The minimum Gasteiger partial charge on any atom is -0.443 e. The Bertz CT molecular complexity index is 1060. The number of ether oxygens (including phenoxy) is 1. The van der Waals surface area contributed by atoms with E-state index in [4.69, 9.17) is 9.26 Å². The van der Waals surface area contributed by atoms with E-state index in [0.29, 0.717) is 29.9 Å². The van der Waals surface area contributed by atoms with Crippen molar-refractivity contribution >= 4 is 11.8 Å². The quantitative estimate of drug-likeness (QED) is 0.667. The van der Waals surface area contributed by atoms with Crippen LogP contribution in [0.5, 0.6) is 0 Å². The van der Waals surface area contributed by atoms with E-state index < -0.39 is 11.7 Å². The Morgan fingerprint density at radius 3 is 2.68 bits per heavy atom. The zero-order chi connectivity index (χ0) is 19.5. The first-order chi connectivity index (χ1) is 13.4. The molecule has 0 N–H and O–H groups in total. The summed E-state index contributed by atoms with van der Waals surface area (Å²) in [5.41, 5.74) is 2.50. The highest BCUT2D eigenvalue weighted by molar-refractivity contribution is 5.92. The first kappa shape index (κ1) is 17.0. The molecule has 3 heterocycles. The molecule has 1 aliphatic heterocycles. The van der Waals surface area contributed by atoms with Crippen LogP contribution < -0.4 is 4.90 Å². The number of hydrogen-bond acceptors (Lipinski definition) is 6. The lowest BCUT2D eigenvalue weighted by Crippen LogP contribution is -2.39. The van der Waals surface area contributed by atoms with Crippen molar-refractivity contribution in [1.29, 1.82) is 0 Å². The second-order valence-corrected chi connectivity index (χ2v) is 8.20. The van der Waals surface area contributed by atoms with Crippen LogP contribution >= 0.6 is 0 Å². The van der Waals surface area contributed by atoms with Crippen molar-refractivity contribution in [2.45, 2.75) is 51.7 Å². The third-order valence-corrected chi connectivity index (χ3v) is 4.80. The molecule has 0 unspecified atom stereocenters. The van der Waals surface area contributed by atoms with E-state index in [9.17, 15) is 4.79 Å². The second kappa shape index (κ2) is 5.92. The zero-order valence-corrected chi connectivity index (χ0v) is 16.0. The predicted octanol–water partition coefficient (Wildman–Crippen LogP) is 4.05. The van der Waals surface area contributed by atoms with Gasteiger partial charge in [0.15, 0.2) is 0 Å². The smallest absolute Gasteiger partial charge is 0.415 e. The summed E-state index contributed by atoms with van der Waals surface area (Å²) in [5, 5.41) is 4.12. The van der Waals surface area contributed by atoms with Crippen LogP contribution in [-0.4, -0.2) is 31.4 Å². The van der Waals surface area contributed by atoms with E-state index in [0.717, 1.165) is 29.9 Å². The summed E-state index contributed by atoms with van der Waals surface area (Å²) in [4.78, 5) is 23.6. The van der Waals surface area contributed by atoms with Crippen LogP contribution in [0.2, 0.25) is 0 Å². The van der Waals surface area contributed by atoms with Gasteiger partial charge in [0.05, 0.1) is 23.6 Å². The minimum atomic E-state index is -0.584. The second-order valence-electron chi connectivity index (χ2n) is 8.20. The molecule has 8 nitrogen and oxygen atoms in total. The Morgan fingerprint density at radius 1 is 1.21 bits per heavy atom. The van der Waals surface area contributed by atoms with Crippen molar-refractivity contribution < 1.29 is 14.1 Å². The van der Waals surface area contributed by atoms with Gasteiger partial charge in [0.1, 0.15) is 17.6 Å². The first-order valence-electron chi connectivity index (χ1n) is 9.41. The summed E-state index contributed by atoms with van der Waals surface area (Å²) in [5.74, 6) is 1.50. The standard InChI is InChI=1S/C20H21N5O3/c1-20(2,3)27-19(26)24-10-15-16(17-22-18(28-23-17)12-8-9-12)21-11-25(15)14-7-5-4-6-13(14)24/h4-7,11-12H,8-10H2,1-3H3. The summed E-state index contributed by atoms with van der Waals surface area (Å²) in [7, 11) is 0. The van der Waals surface area contributed by atoms with Crippen molar-refractivity contribution in [1.82, 2.24) is 19.7 Å². The van der Waals surface area contributed by atoms with Gasteiger partial charge in [0, 0.05) is 5.92 Å². The molecule has 8 heteroatoms. The number of fused-ring (bicyclic) bond motifs is 3. The summed E-state index contributed by atoms with van der Waals surface area (Å²) in [6, 6.07) is 7.69. The lowest BCUT2D eigenvalue weighted by Gasteiger charge is -2.32. The molecule has 5 rings (SSSR count). The van der Waals surface area contributed by atoms with Crippen LogP contribution in [0, 0.1) is 0 Å². The van der Waals surface area contributed by atoms with E-state index in [1.54, 1.807) is 11.2 Å². The lowest BCUT2D eigenvalue weighted by molar-refractivity contribution is 0.0575. The number of hydrogen-bond donors (Lipinski definition) is 0. The average Bonchev–Trinajstić information content (AvgIpc) is 3.22. The summed E-state index contributed by atoms with van der Waals surface area (Å²) in [6.45, 7) is 5.88. The molecule has 1 fully saturated rings. The van der Waals surface area contributed by atoms with Gasteiger partial charge in [-0.2, -0.15) is 4.98 Å². The number of benzene rings is 1.